The number of para-hydroxylation sites is 2. The average Bonchev–Trinajstić information content (AvgIpc) is 2.96. The first-order chi connectivity index (χ1) is 12.1. The van der Waals surface area contributed by atoms with Gasteiger partial charge in [0.15, 0.2) is 5.65 Å². The number of rotatable bonds is 3. The molecule has 0 saturated heterocycles. The Bertz CT molecular complexity index is 991. The number of hydrogen-bond donors (Lipinski definition) is 0. The van der Waals surface area contributed by atoms with E-state index in [1.165, 1.54) is 9.08 Å². The SMILES string of the molecule is C[C@H]1COc2ccccc2N1C(=O)CCn1nc2ccccn2c1=O. The molecule has 7 nitrogen and oxygen atoms in total. The Labute approximate surface area is 144 Å². The minimum Gasteiger partial charge on any atom is -0.489 e. The van der Waals surface area contributed by atoms with E-state index in [1.807, 2.05) is 37.3 Å². The van der Waals surface area contributed by atoms with Crippen molar-refractivity contribution >= 4 is 17.2 Å². The summed E-state index contributed by atoms with van der Waals surface area (Å²) in [5.41, 5.74) is 1.11. The molecule has 0 unspecified atom stereocenters. The predicted molar refractivity (Wildman–Crippen MR) is 93.0 cm³/mol. The fourth-order valence-corrected chi connectivity index (χ4v) is 3.12. The number of aromatic nitrogens is 3. The second-order valence-electron chi connectivity index (χ2n) is 6.08. The molecule has 0 spiro atoms. The van der Waals surface area contributed by atoms with Crippen molar-refractivity contribution in [3.63, 3.8) is 0 Å². The fraction of sp³-hybridized carbons (Fsp3) is 0.278. The van der Waals surface area contributed by atoms with Crippen LogP contribution >= 0.6 is 0 Å². The predicted octanol–water partition coefficient (Wildman–Crippen LogP) is 1.70. The van der Waals surface area contributed by atoms with Crippen molar-refractivity contribution < 1.29 is 9.53 Å². The van der Waals surface area contributed by atoms with Crippen LogP contribution in [0.2, 0.25) is 0 Å². The summed E-state index contributed by atoms with van der Waals surface area (Å²) >= 11 is 0. The zero-order valence-electron chi connectivity index (χ0n) is 13.8. The summed E-state index contributed by atoms with van der Waals surface area (Å²) < 4.78 is 8.48. The molecule has 0 bridgehead atoms. The zero-order chi connectivity index (χ0) is 17.4. The molecule has 4 rings (SSSR count). The van der Waals surface area contributed by atoms with E-state index < -0.39 is 0 Å². The molecular formula is C18H18N4O3. The highest BCUT2D eigenvalue weighted by molar-refractivity contribution is 5.95. The fourth-order valence-electron chi connectivity index (χ4n) is 3.12. The highest BCUT2D eigenvalue weighted by Crippen LogP contribution is 2.33. The molecule has 2 aromatic heterocycles. The number of pyridine rings is 1. The molecule has 0 aliphatic carbocycles. The van der Waals surface area contributed by atoms with E-state index in [-0.39, 0.29) is 30.6 Å². The minimum atomic E-state index is -0.237. The first kappa shape index (κ1) is 15.4. The molecule has 25 heavy (non-hydrogen) atoms. The van der Waals surface area contributed by atoms with Crippen molar-refractivity contribution in [3.05, 3.63) is 59.1 Å². The lowest BCUT2D eigenvalue weighted by molar-refractivity contribution is -0.119. The lowest BCUT2D eigenvalue weighted by atomic mass is 10.1. The molecule has 1 aliphatic heterocycles. The van der Waals surface area contributed by atoms with Crippen molar-refractivity contribution in [2.45, 2.75) is 25.9 Å². The van der Waals surface area contributed by atoms with Crippen LogP contribution in [0.4, 0.5) is 5.69 Å². The summed E-state index contributed by atoms with van der Waals surface area (Å²) in [4.78, 5) is 26.8. The Morgan fingerprint density at radius 3 is 2.88 bits per heavy atom. The van der Waals surface area contributed by atoms with Crippen molar-refractivity contribution in [1.29, 1.82) is 0 Å². The number of hydrogen-bond acceptors (Lipinski definition) is 4. The molecule has 3 aromatic rings. The van der Waals surface area contributed by atoms with Crippen LogP contribution in [0, 0.1) is 0 Å². The second kappa shape index (κ2) is 6.08. The lowest BCUT2D eigenvalue weighted by Gasteiger charge is -2.35. The number of amides is 1. The third kappa shape index (κ3) is 2.67. The highest BCUT2D eigenvalue weighted by Gasteiger charge is 2.29. The molecule has 3 heterocycles. The standard InChI is InChI=1S/C18H18N4O3/c1-13-12-25-15-7-3-2-6-14(15)22(13)17(23)9-11-21-18(24)20-10-5-4-8-16(20)19-21/h2-8,10,13H,9,11-12H2,1H3/t13-/m0/s1. The third-order valence-electron chi connectivity index (χ3n) is 4.34. The number of aryl methyl sites for hydroxylation is 1. The Balaban J connectivity index is 1.56. The van der Waals surface area contributed by atoms with Crippen LogP contribution in [0.3, 0.4) is 0 Å². The highest BCUT2D eigenvalue weighted by atomic mass is 16.5. The number of nitrogens with zero attached hydrogens (tertiary/aromatic N) is 4. The number of carbonyl (C=O) groups is 1. The van der Waals surface area contributed by atoms with Crippen LogP contribution in [0.1, 0.15) is 13.3 Å². The Hall–Kier alpha value is -3.09. The third-order valence-corrected chi connectivity index (χ3v) is 4.34. The zero-order valence-corrected chi connectivity index (χ0v) is 13.8. The van der Waals surface area contributed by atoms with E-state index in [4.69, 9.17) is 4.74 Å². The van der Waals surface area contributed by atoms with Gasteiger partial charge in [0.2, 0.25) is 5.91 Å². The summed E-state index contributed by atoms with van der Waals surface area (Å²) in [5.74, 6) is 0.658. The van der Waals surface area contributed by atoms with Crippen molar-refractivity contribution in [2.24, 2.45) is 0 Å². The second-order valence-corrected chi connectivity index (χ2v) is 6.08. The van der Waals surface area contributed by atoms with E-state index in [2.05, 4.69) is 5.10 Å². The van der Waals surface area contributed by atoms with Gasteiger partial charge in [0, 0.05) is 12.6 Å². The van der Waals surface area contributed by atoms with Gasteiger partial charge < -0.3 is 9.64 Å². The number of ether oxygens (including phenoxy) is 1. The average molecular weight is 338 g/mol. The molecule has 0 fully saturated rings. The molecule has 1 amide bonds. The largest absolute Gasteiger partial charge is 0.489 e. The van der Waals surface area contributed by atoms with Gasteiger partial charge in [0.1, 0.15) is 12.4 Å². The molecule has 7 heteroatoms. The maximum Gasteiger partial charge on any atom is 0.350 e. The van der Waals surface area contributed by atoms with Crippen LogP contribution < -0.4 is 15.3 Å². The van der Waals surface area contributed by atoms with Gasteiger partial charge in [-0.3, -0.25) is 9.20 Å². The molecule has 0 saturated carbocycles. The summed E-state index contributed by atoms with van der Waals surface area (Å²) in [6.07, 6.45) is 1.87. The van der Waals surface area contributed by atoms with E-state index in [0.29, 0.717) is 18.0 Å². The molecule has 0 radical (unpaired) electrons. The Morgan fingerprint density at radius 1 is 1.24 bits per heavy atom. The Kier molecular flexibility index (Phi) is 3.76. The molecule has 128 valence electrons. The molecule has 0 N–H and O–H groups in total. The number of carbonyl (C=O) groups excluding carboxylic acids is 1. The molecule has 1 atom stereocenters. The van der Waals surface area contributed by atoms with Gasteiger partial charge in [-0.1, -0.05) is 18.2 Å². The van der Waals surface area contributed by atoms with Crippen LogP contribution in [0.5, 0.6) is 5.75 Å². The first-order valence-electron chi connectivity index (χ1n) is 8.23. The van der Waals surface area contributed by atoms with Crippen LogP contribution in [-0.2, 0) is 11.3 Å². The Morgan fingerprint density at radius 2 is 2.04 bits per heavy atom. The molecule has 1 aliphatic rings. The normalized spacial score (nSPS) is 16.5. The maximum atomic E-state index is 12.8. The summed E-state index contributed by atoms with van der Waals surface area (Å²) in [6, 6.07) is 12.8. The number of benzene rings is 1. The minimum absolute atomic E-state index is 0.0489. The van der Waals surface area contributed by atoms with Crippen LogP contribution in [0.15, 0.2) is 53.5 Å². The van der Waals surface area contributed by atoms with Crippen molar-refractivity contribution in [1.82, 2.24) is 14.2 Å². The number of anilines is 1. The number of fused-ring (bicyclic) bond motifs is 2. The quantitative estimate of drug-likeness (QED) is 0.729. The molecule has 1 aromatic carbocycles. The monoisotopic (exact) mass is 338 g/mol. The van der Waals surface area contributed by atoms with Gasteiger partial charge in [-0.25, -0.2) is 9.48 Å². The van der Waals surface area contributed by atoms with Gasteiger partial charge in [0.05, 0.1) is 18.3 Å². The van der Waals surface area contributed by atoms with E-state index in [0.717, 1.165) is 5.69 Å². The smallest absolute Gasteiger partial charge is 0.350 e. The summed E-state index contributed by atoms with van der Waals surface area (Å²) in [5, 5.41) is 4.26. The summed E-state index contributed by atoms with van der Waals surface area (Å²) in [7, 11) is 0. The van der Waals surface area contributed by atoms with E-state index in [1.54, 1.807) is 23.2 Å². The molecular weight excluding hydrogens is 320 g/mol. The van der Waals surface area contributed by atoms with Gasteiger partial charge in [-0.15, -0.1) is 5.10 Å². The van der Waals surface area contributed by atoms with Gasteiger partial charge in [-0.2, -0.15) is 0 Å². The van der Waals surface area contributed by atoms with Crippen LogP contribution in [-0.4, -0.2) is 32.7 Å². The van der Waals surface area contributed by atoms with Crippen molar-refractivity contribution in [2.75, 3.05) is 11.5 Å². The van der Waals surface area contributed by atoms with Gasteiger partial charge in [-0.05, 0) is 31.2 Å². The lowest BCUT2D eigenvalue weighted by Crippen LogP contribution is -2.45. The van der Waals surface area contributed by atoms with E-state index >= 15 is 0 Å². The van der Waals surface area contributed by atoms with Crippen LogP contribution in [0.25, 0.3) is 5.65 Å². The van der Waals surface area contributed by atoms with E-state index in [9.17, 15) is 9.59 Å². The van der Waals surface area contributed by atoms with Gasteiger partial charge >= 0.3 is 5.69 Å². The summed E-state index contributed by atoms with van der Waals surface area (Å²) in [6.45, 7) is 2.65. The van der Waals surface area contributed by atoms with Gasteiger partial charge in [0.25, 0.3) is 0 Å². The topological polar surface area (TPSA) is 68.8 Å². The maximum absolute atomic E-state index is 12.8. The first-order valence-corrected chi connectivity index (χ1v) is 8.23. The van der Waals surface area contributed by atoms with Crippen molar-refractivity contribution in [3.8, 4) is 5.75 Å².